The quantitative estimate of drug-likeness (QED) is 0.171. The molecule has 3 N–H and O–H groups in total. The molecule has 0 aliphatic carbocycles. The summed E-state index contributed by atoms with van der Waals surface area (Å²) in [5.74, 6) is -1.90. The summed E-state index contributed by atoms with van der Waals surface area (Å²) < 4.78 is 21.9. The summed E-state index contributed by atoms with van der Waals surface area (Å²) in [6.45, 7) is 13.6. The summed E-state index contributed by atoms with van der Waals surface area (Å²) in [4.78, 5) is 56.3. The zero-order valence-electron chi connectivity index (χ0n) is 28.0. The molecule has 2 aliphatic heterocycles. The van der Waals surface area contributed by atoms with Gasteiger partial charge in [-0.1, -0.05) is 45.5 Å². The summed E-state index contributed by atoms with van der Waals surface area (Å²) in [7, 11) is 0. The number of Topliss-reactive ketones (excluding diaryl/α,β-unsaturated/α-hetero) is 1. The number of epoxide rings is 1. The maximum absolute atomic E-state index is 13.4. The fourth-order valence-corrected chi connectivity index (χ4v) is 6.47. The van der Waals surface area contributed by atoms with Crippen LogP contribution < -0.4 is 10.4 Å². The van der Waals surface area contributed by atoms with Gasteiger partial charge in [-0.15, -0.1) is 0 Å². The van der Waals surface area contributed by atoms with E-state index in [1.54, 1.807) is 54.5 Å². The van der Waals surface area contributed by atoms with Crippen molar-refractivity contribution in [2.24, 2.45) is 17.3 Å². The number of cyclic esters (lactones) is 1. The van der Waals surface area contributed by atoms with Gasteiger partial charge in [0.25, 0.3) is 0 Å². The summed E-state index contributed by atoms with van der Waals surface area (Å²) in [6.07, 6.45) is -1.09. The molecule has 2 aliphatic rings. The van der Waals surface area contributed by atoms with Crippen LogP contribution in [-0.4, -0.2) is 82.9 Å². The van der Waals surface area contributed by atoms with Gasteiger partial charge in [-0.3, -0.25) is 9.59 Å². The lowest BCUT2D eigenvalue weighted by atomic mass is 9.73. The van der Waals surface area contributed by atoms with Gasteiger partial charge in [0, 0.05) is 12.3 Å². The van der Waals surface area contributed by atoms with Crippen molar-refractivity contribution >= 4 is 46.4 Å². The summed E-state index contributed by atoms with van der Waals surface area (Å²) >= 11 is 1.15. The number of carbonyl (C=O) groups is 4. The van der Waals surface area contributed by atoms with Crippen LogP contribution in [0.3, 0.4) is 0 Å². The van der Waals surface area contributed by atoms with Crippen LogP contribution in [-0.2, 0) is 28.5 Å². The molecule has 1 aromatic heterocycles. The zero-order valence-corrected chi connectivity index (χ0v) is 28.8. The number of aryl methyl sites for hydroxylation is 1. The summed E-state index contributed by atoms with van der Waals surface area (Å²) in [6, 6.07) is 0. The van der Waals surface area contributed by atoms with E-state index in [9.17, 15) is 29.4 Å². The Kier molecular flexibility index (Phi) is 13.1. The molecule has 258 valence electrons. The molecule has 0 aromatic carbocycles. The number of carbonyl (C=O) groups excluding carboxylic acids is 4. The molecule has 3 rings (SSSR count). The number of fused-ring (bicyclic) bond motifs is 1. The number of rotatable bonds is 5. The highest BCUT2D eigenvalue weighted by Crippen LogP contribution is 2.37. The third-order valence-corrected chi connectivity index (χ3v) is 9.61. The molecule has 0 radical (unpaired) electrons. The second-order valence-corrected chi connectivity index (χ2v) is 13.8. The first-order valence-corrected chi connectivity index (χ1v) is 16.7. The Hall–Kier alpha value is -3.07. The molecule has 2 fully saturated rings. The van der Waals surface area contributed by atoms with Crippen LogP contribution in [0.4, 0.5) is 14.6 Å². The molecule has 14 heteroatoms. The number of ether oxygens (including phenoxy) is 4. The third kappa shape index (κ3) is 9.49. The van der Waals surface area contributed by atoms with Crippen LogP contribution in [0.1, 0.15) is 91.3 Å². The van der Waals surface area contributed by atoms with Crippen LogP contribution in [0.5, 0.6) is 0 Å². The standard InChI is InChI=1S/C32H49N3O10S/c1-9-42-30(40)34-35(31(41)43-10-2)29-21(33-20(6)46-29)14-18(4)23-15-24-22(44-24)13-11-12-17(3)27(38)19(5)28(39)32(7,8)25(36)16-26(37)45-23/h14,17,19,22-25,27,36,38H,9-13,15-16H2,1-8H3,(H,34,40)/b18-14+/t17-,19+,22+,23-,24-,25-,27-/m0/s1. The molecule has 0 spiro atoms. The first kappa shape index (κ1) is 37.4. The minimum Gasteiger partial charge on any atom is -0.458 e. The Balaban J connectivity index is 1.93. The van der Waals surface area contributed by atoms with Crippen molar-refractivity contribution in [1.29, 1.82) is 0 Å². The van der Waals surface area contributed by atoms with E-state index in [0.29, 0.717) is 29.1 Å². The molecule has 2 amide bonds. The Morgan fingerprint density at radius 3 is 2.46 bits per heavy atom. The Morgan fingerprint density at radius 1 is 1.13 bits per heavy atom. The van der Waals surface area contributed by atoms with Gasteiger partial charge >= 0.3 is 18.2 Å². The molecule has 13 nitrogen and oxygen atoms in total. The molecule has 46 heavy (non-hydrogen) atoms. The van der Waals surface area contributed by atoms with Gasteiger partial charge in [-0.25, -0.2) is 20.0 Å². The van der Waals surface area contributed by atoms with Gasteiger partial charge in [0.2, 0.25) is 0 Å². The number of thiazole rings is 1. The number of amides is 2. The first-order valence-electron chi connectivity index (χ1n) is 15.9. The average molecular weight is 668 g/mol. The van der Waals surface area contributed by atoms with Gasteiger partial charge < -0.3 is 29.2 Å². The number of esters is 1. The van der Waals surface area contributed by atoms with Gasteiger partial charge in [0.1, 0.15) is 22.6 Å². The number of hydrogen-bond acceptors (Lipinski definition) is 12. The van der Waals surface area contributed by atoms with Crippen LogP contribution in [0.15, 0.2) is 5.57 Å². The number of aliphatic hydroxyl groups excluding tert-OH is 2. The topological polar surface area (TPSA) is 177 Å². The van der Waals surface area contributed by atoms with Crippen molar-refractivity contribution in [1.82, 2.24) is 10.4 Å². The SMILES string of the molecule is CCOC(=O)NN(C(=O)OCC)c1sc(C)nc1/C=C(\C)[C@@H]1C[C@@H]2O[C@@H]2CCC[C@H](C)[C@H](O)[C@@H](C)C(=O)C(C)(C)[C@@H](O)CC(=O)O1. The second kappa shape index (κ2) is 16.2. The van der Waals surface area contributed by atoms with Crippen molar-refractivity contribution < 1.29 is 48.3 Å². The van der Waals surface area contributed by atoms with Crippen LogP contribution in [0.25, 0.3) is 6.08 Å². The van der Waals surface area contributed by atoms with Crippen molar-refractivity contribution in [3.8, 4) is 0 Å². The lowest BCUT2D eigenvalue weighted by molar-refractivity contribution is -0.154. The number of hydrogen-bond donors (Lipinski definition) is 3. The Labute approximate surface area is 274 Å². The minimum atomic E-state index is -1.35. The number of hydrazine groups is 1. The molecular weight excluding hydrogens is 618 g/mol. The lowest BCUT2D eigenvalue weighted by Gasteiger charge is -2.34. The summed E-state index contributed by atoms with van der Waals surface area (Å²) in [5.41, 5.74) is 2.01. The highest BCUT2D eigenvalue weighted by molar-refractivity contribution is 7.16. The maximum Gasteiger partial charge on any atom is 0.434 e. The fraction of sp³-hybridized carbons (Fsp3) is 0.719. The first-order chi connectivity index (χ1) is 21.6. The smallest absolute Gasteiger partial charge is 0.434 e. The van der Waals surface area contributed by atoms with E-state index < -0.39 is 54.2 Å². The van der Waals surface area contributed by atoms with Crippen LogP contribution in [0.2, 0.25) is 0 Å². The number of anilines is 1. The van der Waals surface area contributed by atoms with E-state index in [4.69, 9.17) is 18.9 Å². The fourth-order valence-electron chi connectivity index (χ4n) is 5.63. The summed E-state index contributed by atoms with van der Waals surface area (Å²) in [5, 5.41) is 23.7. The van der Waals surface area contributed by atoms with Crippen LogP contribution >= 0.6 is 11.3 Å². The largest absolute Gasteiger partial charge is 0.458 e. The Morgan fingerprint density at radius 2 is 1.80 bits per heavy atom. The highest BCUT2D eigenvalue weighted by atomic mass is 32.1. The monoisotopic (exact) mass is 667 g/mol. The predicted octanol–water partition coefficient (Wildman–Crippen LogP) is 4.71. The molecule has 1 aromatic rings. The van der Waals surface area contributed by atoms with Crippen molar-refractivity contribution in [3.05, 3.63) is 16.3 Å². The maximum atomic E-state index is 13.4. The number of aliphatic hydroxyl groups is 2. The van der Waals surface area contributed by atoms with E-state index in [-0.39, 0.29) is 42.1 Å². The highest BCUT2D eigenvalue weighted by Gasteiger charge is 2.44. The Bertz CT molecular complexity index is 1280. The van der Waals surface area contributed by atoms with Crippen molar-refractivity contribution in [2.45, 2.75) is 118 Å². The zero-order chi connectivity index (χ0) is 34.3. The van der Waals surface area contributed by atoms with Crippen molar-refractivity contribution in [2.75, 3.05) is 18.2 Å². The number of ketones is 1. The molecular formula is C32H49N3O10S. The van der Waals surface area contributed by atoms with Gasteiger partial charge in [-0.2, -0.15) is 5.01 Å². The van der Waals surface area contributed by atoms with Crippen molar-refractivity contribution in [3.63, 3.8) is 0 Å². The second-order valence-electron chi connectivity index (χ2n) is 12.6. The average Bonchev–Trinajstić information content (AvgIpc) is 3.63. The molecule has 0 saturated carbocycles. The van der Waals surface area contributed by atoms with E-state index in [2.05, 4.69) is 10.4 Å². The minimum absolute atomic E-state index is 0.0417. The van der Waals surface area contributed by atoms with Gasteiger partial charge in [-0.05, 0) is 58.1 Å². The molecule has 0 unspecified atom stereocenters. The third-order valence-electron chi connectivity index (χ3n) is 8.64. The predicted molar refractivity (Wildman–Crippen MR) is 171 cm³/mol. The van der Waals surface area contributed by atoms with E-state index in [0.717, 1.165) is 29.2 Å². The molecule has 7 atom stereocenters. The normalized spacial score (nSPS) is 29.3. The van der Waals surface area contributed by atoms with Gasteiger partial charge in [0.05, 0.1) is 54.5 Å². The van der Waals surface area contributed by atoms with E-state index in [1.807, 2.05) is 6.92 Å². The van der Waals surface area contributed by atoms with Crippen LogP contribution in [0, 0.1) is 24.2 Å². The number of nitrogens with zero attached hydrogens (tertiary/aromatic N) is 2. The van der Waals surface area contributed by atoms with Gasteiger partial charge in [0.15, 0.2) is 0 Å². The number of aromatic nitrogens is 1. The number of nitrogens with one attached hydrogen (secondary N) is 1. The molecule has 2 saturated heterocycles. The molecule has 3 heterocycles. The molecule has 0 bridgehead atoms. The van der Waals surface area contributed by atoms with E-state index >= 15 is 0 Å². The lowest BCUT2D eigenvalue weighted by Crippen LogP contribution is -2.47. The van der Waals surface area contributed by atoms with E-state index in [1.165, 1.54) is 0 Å².